The van der Waals surface area contributed by atoms with Crippen LogP contribution in [0.5, 0.6) is 0 Å². The highest BCUT2D eigenvalue weighted by Gasteiger charge is 2.34. The molecular weight excluding hydrogens is 1060 g/mol. The van der Waals surface area contributed by atoms with Crippen molar-refractivity contribution in [3.8, 4) is 0 Å². The van der Waals surface area contributed by atoms with Gasteiger partial charge >= 0.3 is 0 Å². The second kappa shape index (κ2) is 34.9. The lowest BCUT2D eigenvalue weighted by atomic mass is 10.00. The second-order valence-electron chi connectivity index (χ2n) is 18.1. The highest BCUT2D eigenvalue weighted by atomic mass is 79.9. The van der Waals surface area contributed by atoms with Crippen molar-refractivity contribution < 1.29 is 58.2 Å². The van der Waals surface area contributed by atoms with Gasteiger partial charge < -0.3 is 86.3 Å². The van der Waals surface area contributed by atoms with E-state index in [1.54, 1.807) is 63.2 Å². The van der Waals surface area contributed by atoms with Gasteiger partial charge in [-0.05, 0) is 101 Å². The average molecular weight is 1130 g/mol. The molecule has 0 bridgehead atoms. The largest absolute Gasteiger partial charge is 0.391 e. The van der Waals surface area contributed by atoms with Crippen LogP contribution in [0.25, 0.3) is 0 Å². The number of hydrogen-bond acceptors (Lipinski definition) is 16. The molecule has 0 aliphatic carbocycles. The number of hydrogen-bond donors (Lipinski definition) is 16. The minimum atomic E-state index is -1.58. The summed E-state index contributed by atoms with van der Waals surface area (Å²) in [7, 11) is 0. The van der Waals surface area contributed by atoms with Crippen molar-refractivity contribution in [2.75, 3.05) is 45.8 Å². The van der Waals surface area contributed by atoms with Crippen LogP contribution >= 0.6 is 15.9 Å². The number of amides is 10. The minimum Gasteiger partial charge on any atom is -0.391 e. The number of nitrogens with two attached hydrogens (primary N) is 4. The summed E-state index contributed by atoms with van der Waals surface area (Å²) in [6.45, 7) is 5.16. The van der Waals surface area contributed by atoms with Crippen molar-refractivity contribution in [2.24, 2.45) is 28.9 Å². The van der Waals surface area contributed by atoms with Crippen molar-refractivity contribution >= 4 is 75.0 Å². The van der Waals surface area contributed by atoms with E-state index in [-0.39, 0.29) is 82.7 Å². The van der Waals surface area contributed by atoms with Gasteiger partial charge in [0.2, 0.25) is 53.2 Å². The van der Waals surface area contributed by atoms with Crippen LogP contribution in [-0.2, 0) is 54.4 Å². The predicted molar refractivity (Wildman–Crippen MR) is 283 cm³/mol. The Morgan fingerprint density at radius 1 is 0.500 bits per heavy atom. The third-order valence-corrected chi connectivity index (χ3v) is 11.8. The van der Waals surface area contributed by atoms with Gasteiger partial charge in [0, 0.05) is 17.4 Å². The average Bonchev–Trinajstić information content (AvgIpc) is 3.37. The Bertz CT molecular complexity index is 2240. The van der Waals surface area contributed by atoms with Crippen LogP contribution < -0.4 is 76.1 Å². The summed E-state index contributed by atoms with van der Waals surface area (Å²) in [5.41, 5.74) is 24.0. The van der Waals surface area contributed by atoms with Crippen molar-refractivity contribution in [1.82, 2.24) is 53.2 Å². The zero-order valence-electron chi connectivity index (χ0n) is 43.3. The lowest BCUT2D eigenvalue weighted by Crippen LogP contribution is -2.61. The summed E-state index contributed by atoms with van der Waals surface area (Å²) in [6, 6.07) is 5.76. The zero-order chi connectivity index (χ0) is 56.9. The van der Waals surface area contributed by atoms with E-state index in [9.17, 15) is 58.2 Å². The maximum absolute atomic E-state index is 14.3. The maximum atomic E-state index is 14.3. The van der Waals surface area contributed by atoms with E-state index in [2.05, 4.69) is 69.1 Å². The number of carbonyl (C=O) groups is 10. The summed E-state index contributed by atoms with van der Waals surface area (Å²) in [5, 5.41) is 45.6. The molecule has 0 heterocycles. The molecule has 0 radical (unpaired) electrons. The number of aliphatic hydroxyl groups is 2. The van der Waals surface area contributed by atoms with E-state index in [0.29, 0.717) is 10.0 Å². The van der Waals surface area contributed by atoms with E-state index in [0.717, 1.165) is 0 Å². The highest BCUT2D eigenvalue weighted by molar-refractivity contribution is 9.10. The molecular formula is C49H77BrN14O12. The molecule has 0 aromatic heterocycles. The van der Waals surface area contributed by atoms with E-state index >= 15 is 0 Å². The van der Waals surface area contributed by atoms with Gasteiger partial charge in [0.15, 0.2) is 6.10 Å². The van der Waals surface area contributed by atoms with Crippen molar-refractivity contribution in [3.05, 3.63) is 70.2 Å². The molecule has 76 heavy (non-hydrogen) atoms. The normalized spacial score (nSPS) is 14.6. The van der Waals surface area contributed by atoms with Gasteiger partial charge in [-0.3, -0.25) is 47.9 Å². The molecule has 27 heteroatoms. The molecule has 2 rings (SSSR count). The molecule has 0 saturated heterocycles. The van der Waals surface area contributed by atoms with Gasteiger partial charge in [-0.25, -0.2) is 0 Å². The summed E-state index contributed by atoms with van der Waals surface area (Å²) >= 11 is 3.26. The van der Waals surface area contributed by atoms with E-state index in [1.807, 2.05) is 0 Å². The Balaban J connectivity index is 2.22. The van der Waals surface area contributed by atoms with Crippen molar-refractivity contribution in [2.45, 2.75) is 121 Å². The molecule has 2 aromatic carbocycles. The number of benzene rings is 2. The monoisotopic (exact) mass is 1130 g/mol. The molecule has 9 atom stereocenters. The molecule has 10 amide bonds. The van der Waals surface area contributed by atoms with Crippen LogP contribution in [0.2, 0.25) is 0 Å². The molecule has 0 spiro atoms. The lowest BCUT2D eigenvalue weighted by molar-refractivity contribution is -0.136. The van der Waals surface area contributed by atoms with Crippen LogP contribution in [0.4, 0.5) is 0 Å². The number of carbonyl (C=O) groups excluding carboxylic acids is 10. The summed E-state index contributed by atoms with van der Waals surface area (Å²) in [5.74, 6) is -8.28. The zero-order valence-corrected chi connectivity index (χ0v) is 44.9. The first-order valence-electron chi connectivity index (χ1n) is 25.0. The Morgan fingerprint density at radius 2 is 0.934 bits per heavy atom. The number of nitrogens with one attached hydrogen (secondary N) is 10. The molecule has 2 aromatic rings. The first-order chi connectivity index (χ1) is 36.1. The molecule has 0 fully saturated rings. The highest BCUT2D eigenvalue weighted by Crippen LogP contribution is 2.18. The van der Waals surface area contributed by atoms with Crippen LogP contribution in [-0.4, -0.2) is 163 Å². The summed E-state index contributed by atoms with van der Waals surface area (Å²) in [6.07, 6.45) is -3.28. The summed E-state index contributed by atoms with van der Waals surface area (Å²) in [4.78, 5) is 133. The van der Waals surface area contributed by atoms with Gasteiger partial charge in [0.1, 0.15) is 42.3 Å². The molecule has 422 valence electrons. The first-order valence-corrected chi connectivity index (χ1v) is 25.8. The van der Waals surface area contributed by atoms with Crippen LogP contribution in [0.3, 0.4) is 0 Å². The molecule has 20 N–H and O–H groups in total. The molecule has 0 aliphatic rings. The van der Waals surface area contributed by atoms with Gasteiger partial charge in [0.25, 0.3) is 5.91 Å². The Hall–Kier alpha value is -6.62. The Kier molecular flexibility index (Phi) is 30.0. The van der Waals surface area contributed by atoms with Crippen LogP contribution in [0.15, 0.2) is 59.1 Å². The van der Waals surface area contributed by atoms with Crippen molar-refractivity contribution in [1.29, 1.82) is 0 Å². The van der Waals surface area contributed by atoms with Crippen LogP contribution in [0.1, 0.15) is 77.0 Å². The third kappa shape index (κ3) is 23.5. The quantitative estimate of drug-likeness (QED) is 0.0313. The second-order valence-corrected chi connectivity index (χ2v) is 19.0. The van der Waals surface area contributed by atoms with Gasteiger partial charge in [-0.15, -0.1) is 0 Å². The Morgan fingerprint density at radius 3 is 1.41 bits per heavy atom. The molecule has 0 aliphatic heterocycles. The predicted octanol–water partition coefficient (Wildman–Crippen LogP) is -4.69. The smallest absolute Gasteiger partial charge is 0.253 e. The topological polar surface area (TPSA) is 436 Å². The fraction of sp³-hybridized carbons (Fsp3) is 0.551. The SMILES string of the molecule is CCNC(=O)C(NC(=O)[C@H](CCN)NC(=O)[C@H](CCN)NC(=O)[C@H](CC(C)C)NC(=O)[C@@H](Cc1ccccc1)NC(=O)[C@H](CCN)NC(=O)CNC(=O)[C@H](CCN)NC(=O)CNC(=O)C(O)c1cccc(Br)c1)C(C)O. The number of halogens is 1. The van der Waals surface area contributed by atoms with Crippen molar-refractivity contribution in [3.63, 3.8) is 0 Å². The van der Waals surface area contributed by atoms with Gasteiger partial charge in [0.05, 0.1) is 19.2 Å². The first kappa shape index (κ1) is 65.5. The standard InChI is InChI=1S/C49H77BrN14O12/c1-5-55-48(75)40(28(4)65)64-45(72)35(17-21-54)60-44(71)34(16-20-53)61-46(73)36(22-27(2)3)62-47(74)37(23-29-10-7-6-8-11-29)63-43(70)33(15-19-52)59-38(66)25-56-42(69)32(14-18-51)58-39(67)26-57-49(76)41(68)30-12-9-13-31(50)24-30/h6-13,24,27-28,32-37,40-41,65,68H,5,14-23,25-26,51-54H2,1-4H3,(H,55,75)(H,56,69)(H,57,76)(H,58,67)(H,59,66)(H,60,71)(H,61,73)(H,62,74)(H,63,70)(H,64,72)/t28?,32-,33-,34-,35-,36-,37+,40?,41?/m0/s1. The van der Waals surface area contributed by atoms with Gasteiger partial charge in [-0.2, -0.15) is 0 Å². The number of likely N-dealkylation sites (N-methyl/N-ethyl adjacent to an activating group) is 1. The van der Waals surface area contributed by atoms with Crippen LogP contribution in [0, 0.1) is 5.92 Å². The summed E-state index contributed by atoms with van der Waals surface area (Å²) < 4.78 is 0.620. The number of aliphatic hydroxyl groups excluding tert-OH is 2. The molecule has 26 nitrogen and oxygen atoms in total. The van der Waals surface area contributed by atoms with Gasteiger partial charge in [-0.1, -0.05) is 72.2 Å². The molecule has 0 saturated carbocycles. The van der Waals surface area contributed by atoms with E-state index in [1.165, 1.54) is 19.1 Å². The third-order valence-electron chi connectivity index (χ3n) is 11.3. The van der Waals surface area contributed by atoms with E-state index < -0.39 is 127 Å². The fourth-order valence-electron chi connectivity index (χ4n) is 7.41. The molecule has 3 unspecified atom stereocenters. The Labute approximate surface area is 450 Å². The number of rotatable bonds is 34. The van der Waals surface area contributed by atoms with E-state index in [4.69, 9.17) is 22.9 Å². The lowest BCUT2D eigenvalue weighted by Gasteiger charge is -2.28. The minimum absolute atomic E-state index is 0.0561. The maximum Gasteiger partial charge on any atom is 0.253 e. The fourth-order valence-corrected chi connectivity index (χ4v) is 7.83.